The molecule has 2 amide bonds. The fourth-order valence-corrected chi connectivity index (χ4v) is 4.85. The summed E-state index contributed by atoms with van der Waals surface area (Å²) in [6, 6.07) is -0.281. The Balaban J connectivity index is 1.61. The fourth-order valence-electron chi connectivity index (χ4n) is 2.76. The van der Waals surface area contributed by atoms with Gasteiger partial charge >= 0.3 is 6.03 Å². The van der Waals surface area contributed by atoms with Crippen molar-refractivity contribution in [2.24, 2.45) is 0 Å². The first-order valence-corrected chi connectivity index (χ1v) is 9.27. The Bertz CT molecular complexity index is 462. The number of carbonyl (C=O) groups is 1. The molecule has 0 spiro atoms. The van der Waals surface area contributed by atoms with Crippen LogP contribution in [0.5, 0.6) is 0 Å². The zero-order chi connectivity index (χ0) is 15.3. The van der Waals surface area contributed by atoms with Gasteiger partial charge in [-0.1, -0.05) is 0 Å². The lowest BCUT2D eigenvalue weighted by atomic mass is 10.0. The summed E-state index contributed by atoms with van der Waals surface area (Å²) >= 11 is 0. The van der Waals surface area contributed by atoms with E-state index in [2.05, 4.69) is 15.5 Å². The standard InChI is InChI=1S/C13H25N3O4S/c1-13(3-10-21(18,19)11-13)15-12(17)14-4-2-5-16-6-8-20-9-7-16/h2-11H2,1H3,(H2,14,15,17). The number of nitrogens with one attached hydrogen (secondary N) is 2. The van der Waals surface area contributed by atoms with Crippen molar-refractivity contribution >= 4 is 15.9 Å². The molecule has 7 nitrogen and oxygen atoms in total. The Hall–Kier alpha value is -0.860. The number of carbonyl (C=O) groups excluding carboxylic acids is 1. The molecule has 8 heteroatoms. The van der Waals surface area contributed by atoms with E-state index < -0.39 is 15.4 Å². The van der Waals surface area contributed by atoms with Gasteiger partial charge in [0.2, 0.25) is 0 Å². The van der Waals surface area contributed by atoms with Crippen molar-refractivity contribution in [3.63, 3.8) is 0 Å². The van der Waals surface area contributed by atoms with Crippen molar-refractivity contribution in [2.75, 3.05) is 50.9 Å². The van der Waals surface area contributed by atoms with Crippen molar-refractivity contribution in [1.82, 2.24) is 15.5 Å². The summed E-state index contributed by atoms with van der Waals surface area (Å²) in [5.41, 5.74) is -0.632. The van der Waals surface area contributed by atoms with Crippen LogP contribution in [0.3, 0.4) is 0 Å². The van der Waals surface area contributed by atoms with E-state index in [4.69, 9.17) is 4.74 Å². The highest BCUT2D eigenvalue weighted by Crippen LogP contribution is 2.22. The van der Waals surface area contributed by atoms with Gasteiger partial charge in [-0.2, -0.15) is 0 Å². The lowest BCUT2D eigenvalue weighted by Crippen LogP contribution is -2.51. The average molecular weight is 319 g/mol. The molecule has 0 radical (unpaired) electrons. The molecule has 2 rings (SSSR count). The van der Waals surface area contributed by atoms with Gasteiger partial charge < -0.3 is 15.4 Å². The van der Waals surface area contributed by atoms with E-state index >= 15 is 0 Å². The molecule has 0 bridgehead atoms. The zero-order valence-electron chi connectivity index (χ0n) is 12.6. The number of ether oxygens (including phenoxy) is 1. The Morgan fingerprint density at radius 3 is 2.67 bits per heavy atom. The molecule has 2 aliphatic rings. The van der Waals surface area contributed by atoms with Crippen LogP contribution in [0.4, 0.5) is 4.79 Å². The van der Waals surface area contributed by atoms with Crippen LogP contribution in [-0.4, -0.2) is 75.8 Å². The van der Waals surface area contributed by atoms with Gasteiger partial charge in [0.25, 0.3) is 0 Å². The van der Waals surface area contributed by atoms with E-state index in [1.807, 2.05) is 0 Å². The molecule has 2 fully saturated rings. The molecule has 1 unspecified atom stereocenters. The first-order valence-electron chi connectivity index (χ1n) is 7.45. The quantitative estimate of drug-likeness (QED) is 0.672. The largest absolute Gasteiger partial charge is 0.379 e. The van der Waals surface area contributed by atoms with Crippen molar-refractivity contribution in [1.29, 1.82) is 0 Å². The first-order chi connectivity index (χ1) is 9.89. The Morgan fingerprint density at radius 2 is 2.05 bits per heavy atom. The van der Waals surface area contributed by atoms with Crippen LogP contribution in [0, 0.1) is 0 Å². The first kappa shape index (κ1) is 16.5. The number of morpholine rings is 1. The molecule has 0 aromatic heterocycles. The second-order valence-corrected chi connectivity index (χ2v) is 8.28. The highest BCUT2D eigenvalue weighted by molar-refractivity contribution is 7.91. The smallest absolute Gasteiger partial charge is 0.315 e. The molecule has 21 heavy (non-hydrogen) atoms. The minimum atomic E-state index is -3.00. The van der Waals surface area contributed by atoms with Gasteiger partial charge in [0, 0.05) is 19.6 Å². The SMILES string of the molecule is CC1(NC(=O)NCCCN2CCOCC2)CCS(=O)(=O)C1. The highest BCUT2D eigenvalue weighted by atomic mass is 32.2. The third-order valence-corrected chi connectivity index (χ3v) is 5.86. The predicted octanol–water partition coefficient (Wildman–Crippen LogP) is -0.415. The van der Waals surface area contributed by atoms with Gasteiger partial charge in [0.15, 0.2) is 9.84 Å². The van der Waals surface area contributed by atoms with Crippen LogP contribution in [-0.2, 0) is 14.6 Å². The summed E-state index contributed by atoms with van der Waals surface area (Å²) in [4.78, 5) is 14.1. The fraction of sp³-hybridized carbons (Fsp3) is 0.923. The van der Waals surface area contributed by atoms with Crippen LogP contribution >= 0.6 is 0 Å². The van der Waals surface area contributed by atoms with Crippen molar-refractivity contribution in [3.8, 4) is 0 Å². The Kier molecular flexibility index (Phi) is 5.45. The predicted molar refractivity (Wildman–Crippen MR) is 80.1 cm³/mol. The van der Waals surface area contributed by atoms with Crippen LogP contribution < -0.4 is 10.6 Å². The Labute approximate surface area is 126 Å². The average Bonchev–Trinajstić information content (AvgIpc) is 2.69. The summed E-state index contributed by atoms with van der Waals surface area (Å²) < 4.78 is 28.2. The lowest BCUT2D eigenvalue weighted by molar-refractivity contribution is 0.0375. The summed E-state index contributed by atoms with van der Waals surface area (Å²) in [7, 11) is -3.00. The second-order valence-electron chi connectivity index (χ2n) is 6.09. The summed E-state index contributed by atoms with van der Waals surface area (Å²) in [6.07, 6.45) is 1.36. The molecule has 0 aliphatic carbocycles. The maximum Gasteiger partial charge on any atom is 0.315 e. The number of rotatable bonds is 5. The van der Waals surface area contributed by atoms with Crippen molar-refractivity contribution in [2.45, 2.75) is 25.3 Å². The summed E-state index contributed by atoms with van der Waals surface area (Å²) in [6.45, 7) is 6.76. The van der Waals surface area contributed by atoms with Gasteiger partial charge in [-0.25, -0.2) is 13.2 Å². The lowest BCUT2D eigenvalue weighted by Gasteiger charge is -2.27. The minimum absolute atomic E-state index is 0.0290. The van der Waals surface area contributed by atoms with Gasteiger partial charge in [-0.05, 0) is 26.3 Å². The van der Waals surface area contributed by atoms with Gasteiger partial charge in [0.1, 0.15) is 0 Å². The third kappa shape index (κ3) is 5.44. The normalized spacial score (nSPS) is 29.2. The van der Waals surface area contributed by atoms with Gasteiger partial charge in [-0.3, -0.25) is 4.90 Å². The van der Waals surface area contributed by atoms with Crippen LogP contribution in [0.15, 0.2) is 0 Å². The van der Waals surface area contributed by atoms with Crippen LogP contribution in [0.25, 0.3) is 0 Å². The number of sulfone groups is 1. The molecule has 122 valence electrons. The van der Waals surface area contributed by atoms with E-state index in [1.165, 1.54) is 0 Å². The van der Waals surface area contributed by atoms with E-state index in [-0.39, 0.29) is 17.5 Å². The topological polar surface area (TPSA) is 87.7 Å². The van der Waals surface area contributed by atoms with Crippen molar-refractivity contribution < 1.29 is 17.9 Å². The molecule has 0 saturated carbocycles. The number of hydrogen-bond acceptors (Lipinski definition) is 5. The van der Waals surface area contributed by atoms with Crippen LogP contribution in [0.2, 0.25) is 0 Å². The maximum atomic E-state index is 11.8. The molecule has 2 aliphatic heterocycles. The molecular formula is C13H25N3O4S. The number of hydrogen-bond donors (Lipinski definition) is 2. The highest BCUT2D eigenvalue weighted by Gasteiger charge is 2.39. The summed E-state index contributed by atoms with van der Waals surface area (Å²) in [5.74, 6) is 0.183. The van der Waals surface area contributed by atoms with Crippen LogP contribution in [0.1, 0.15) is 19.8 Å². The molecule has 2 saturated heterocycles. The van der Waals surface area contributed by atoms with E-state index in [0.717, 1.165) is 39.3 Å². The number of nitrogens with zero attached hydrogens (tertiary/aromatic N) is 1. The zero-order valence-corrected chi connectivity index (χ0v) is 13.4. The van der Waals surface area contributed by atoms with E-state index in [1.54, 1.807) is 6.92 Å². The molecule has 2 heterocycles. The molecule has 1 atom stereocenters. The molecule has 0 aromatic carbocycles. The third-order valence-electron chi connectivity index (χ3n) is 3.96. The second kappa shape index (κ2) is 6.93. The van der Waals surface area contributed by atoms with E-state index in [9.17, 15) is 13.2 Å². The molecular weight excluding hydrogens is 294 g/mol. The monoisotopic (exact) mass is 319 g/mol. The summed E-state index contributed by atoms with van der Waals surface area (Å²) in [5, 5.41) is 5.59. The Morgan fingerprint density at radius 1 is 1.33 bits per heavy atom. The number of urea groups is 1. The molecule has 0 aromatic rings. The van der Waals surface area contributed by atoms with E-state index in [0.29, 0.717) is 13.0 Å². The number of amides is 2. The minimum Gasteiger partial charge on any atom is -0.379 e. The van der Waals surface area contributed by atoms with Gasteiger partial charge in [-0.15, -0.1) is 0 Å². The van der Waals surface area contributed by atoms with Crippen molar-refractivity contribution in [3.05, 3.63) is 0 Å². The maximum absolute atomic E-state index is 11.8. The molecule has 2 N–H and O–H groups in total. The van der Waals surface area contributed by atoms with Gasteiger partial charge in [0.05, 0.1) is 30.3 Å².